The van der Waals surface area contributed by atoms with Gasteiger partial charge in [-0.05, 0) is 32.4 Å². The molecular weight excluding hydrogens is 246 g/mol. The van der Waals surface area contributed by atoms with Gasteiger partial charge in [0.05, 0.1) is 28.2 Å². The van der Waals surface area contributed by atoms with E-state index in [0.29, 0.717) is 12.3 Å². The summed E-state index contributed by atoms with van der Waals surface area (Å²) in [6.45, 7) is 4.55. The summed E-state index contributed by atoms with van der Waals surface area (Å²) in [5.41, 5.74) is 0.278. The van der Waals surface area contributed by atoms with Crippen LogP contribution in [0.2, 0.25) is 0 Å². The van der Waals surface area contributed by atoms with Crippen LogP contribution in [-0.2, 0) is 4.74 Å². The third-order valence-electron chi connectivity index (χ3n) is 3.63. The zero-order chi connectivity index (χ0) is 14.0. The minimum Gasteiger partial charge on any atom is -0.376 e. The molecule has 1 aromatic rings. The van der Waals surface area contributed by atoms with E-state index in [4.69, 9.17) is 10.00 Å². The second-order valence-electron chi connectivity index (χ2n) is 4.91. The minimum atomic E-state index is -0.479. The molecule has 1 aliphatic rings. The van der Waals surface area contributed by atoms with E-state index in [0.717, 1.165) is 6.42 Å². The van der Waals surface area contributed by atoms with E-state index < -0.39 is 4.92 Å². The molecule has 0 aromatic heterocycles. The molecule has 6 nitrogen and oxygen atoms in total. The van der Waals surface area contributed by atoms with E-state index in [-0.39, 0.29) is 22.9 Å². The topological polar surface area (TPSA) is 88.2 Å². The molecule has 1 aliphatic heterocycles. The highest BCUT2D eigenvalue weighted by atomic mass is 16.6. The smallest absolute Gasteiger partial charge is 0.293 e. The van der Waals surface area contributed by atoms with Gasteiger partial charge in [0, 0.05) is 12.7 Å². The Hall–Kier alpha value is -2.13. The Bertz CT molecular complexity index is 553. The fraction of sp³-hybridized carbons (Fsp3) is 0.462. The number of nitrogens with one attached hydrogen (secondary N) is 1. The van der Waals surface area contributed by atoms with Crippen LogP contribution >= 0.6 is 0 Å². The highest BCUT2D eigenvalue weighted by Crippen LogP contribution is 2.34. The molecule has 0 saturated carbocycles. The van der Waals surface area contributed by atoms with E-state index in [9.17, 15) is 10.1 Å². The van der Waals surface area contributed by atoms with Gasteiger partial charge in [0.2, 0.25) is 0 Å². The summed E-state index contributed by atoms with van der Waals surface area (Å²) < 4.78 is 5.50. The van der Waals surface area contributed by atoms with Gasteiger partial charge in [-0.1, -0.05) is 0 Å². The van der Waals surface area contributed by atoms with Crippen LogP contribution in [0.15, 0.2) is 18.2 Å². The normalized spacial score (nSPS) is 25.8. The van der Waals surface area contributed by atoms with Gasteiger partial charge in [0.1, 0.15) is 5.69 Å². The maximum atomic E-state index is 11.1. The summed E-state index contributed by atoms with van der Waals surface area (Å²) in [5, 5.41) is 23.1. The SMILES string of the molecule is C[C@@H]1OCC[C@@]1(C)Nc1ccc(C#N)cc1[N+](=O)[O-]. The van der Waals surface area contributed by atoms with Crippen molar-refractivity contribution in [3.05, 3.63) is 33.9 Å². The molecule has 0 aliphatic carbocycles. The van der Waals surface area contributed by atoms with Gasteiger partial charge in [0.25, 0.3) is 5.69 Å². The fourth-order valence-electron chi connectivity index (χ4n) is 2.16. The molecule has 1 saturated heterocycles. The molecule has 0 spiro atoms. The van der Waals surface area contributed by atoms with Crippen LogP contribution in [0.1, 0.15) is 25.8 Å². The molecule has 0 bridgehead atoms. The molecule has 6 heteroatoms. The van der Waals surface area contributed by atoms with Crippen molar-refractivity contribution in [2.24, 2.45) is 0 Å². The predicted octanol–water partition coefficient (Wildman–Crippen LogP) is 2.45. The van der Waals surface area contributed by atoms with E-state index in [2.05, 4.69) is 5.32 Å². The Morgan fingerprint density at radius 3 is 2.89 bits per heavy atom. The van der Waals surface area contributed by atoms with Crippen LogP contribution in [0.3, 0.4) is 0 Å². The van der Waals surface area contributed by atoms with Crippen molar-refractivity contribution < 1.29 is 9.66 Å². The Kier molecular flexibility index (Phi) is 3.40. The van der Waals surface area contributed by atoms with E-state index in [1.54, 1.807) is 12.1 Å². The molecule has 1 N–H and O–H groups in total. The average Bonchev–Trinajstić information content (AvgIpc) is 2.69. The summed E-state index contributed by atoms with van der Waals surface area (Å²) in [5.74, 6) is 0. The molecule has 100 valence electrons. The molecule has 0 radical (unpaired) electrons. The van der Waals surface area contributed by atoms with Gasteiger partial charge in [-0.15, -0.1) is 0 Å². The number of anilines is 1. The first-order valence-corrected chi connectivity index (χ1v) is 6.04. The predicted molar refractivity (Wildman–Crippen MR) is 69.9 cm³/mol. The standard InChI is InChI=1S/C13H15N3O3/c1-9-13(2,5-6-19-9)15-11-4-3-10(8-14)7-12(11)16(17)18/h3-4,7,9,15H,5-6H2,1-2H3/t9-,13+/m0/s1. The molecule has 0 unspecified atom stereocenters. The molecule has 1 fully saturated rings. The number of hydrogen-bond acceptors (Lipinski definition) is 5. The Labute approximate surface area is 111 Å². The molecule has 19 heavy (non-hydrogen) atoms. The monoisotopic (exact) mass is 261 g/mol. The van der Waals surface area contributed by atoms with E-state index in [1.807, 2.05) is 19.9 Å². The van der Waals surface area contributed by atoms with Crippen molar-refractivity contribution in [2.75, 3.05) is 11.9 Å². The van der Waals surface area contributed by atoms with Gasteiger partial charge in [-0.2, -0.15) is 5.26 Å². The fourth-order valence-corrected chi connectivity index (χ4v) is 2.16. The number of benzene rings is 1. The van der Waals surface area contributed by atoms with Gasteiger partial charge < -0.3 is 10.1 Å². The summed E-state index contributed by atoms with van der Waals surface area (Å²) in [6, 6.07) is 6.33. The lowest BCUT2D eigenvalue weighted by atomic mass is 9.94. The summed E-state index contributed by atoms with van der Waals surface area (Å²) >= 11 is 0. The van der Waals surface area contributed by atoms with Gasteiger partial charge in [0.15, 0.2) is 0 Å². The zero-order valence-electron chi connectivity index (χ0n) is 10.8. The minimum absolute atomic E-state index is 0.0252. The number of hydrogen-bond donors (Lipinski definition) is 1. The lowest BCUT2D eigenvalue weighted by Crippen LogP contribution is -2.41. The van der Waals surface area contributed by atoms with Crippen molar-refractivity contribution in [2.45, 2.75) is 31.9 Å². The number of rotatable bonds is 3. The number of nitro groups is 1. The van der Waals surface area contributed by atoms with Crippen LogP contribution in [0.25, 0.3) is 0 Å². The molecule has 0 amide bonds. The second-order valence-corrected chi connectivity index (χ2v) is 4.91. The molecule has 2 atom stereocenters. The first-order valence-electron chi connectivity index (χ1n) is 6.04. The number of ether oxygens (including phenoxy) is 1. The van der Waals surface area contributed by atoms with Gasteiger partial charge >= 0.3 is 0 Å². The third kappa shape index (κ3) is 2.51. The number of nitro benzene ring substituents is 1. The second kappa shape index (κ2) is 4.86. The molecule has 2 rings (SSSR count). The highest BCUT2D eigenvalue weighted by Gasteiger charge is 2.38. The first-order chi connectivity index (χ1) is 8.96. The maximum absolute atomic E-state index is 11.1. The maximum Gasteiger partial charge on any atom is 0.293 e. The molecule has 1 aromatic carbocycles. The Balaban J connectivity index is 2.35. The van der Waals surface area contributed by atoms with Crippen molar-refractivity contribution in [3.8, 4) is 6.07 Å². The third-order valence-corrected chi connectivity index (χ3v) is 3.63. The molecule has 1 heterocycles. The van der Waals surface area contributed by atoms with Crippen LogP contribution < -0.4 is 5.32 Å². The van der Waals surface area contributed by atoms with Crippen molar-refractivity contribution in [1.82, 2.24) is 0 Å². The van der Waals surface area contributed by atoms with Crippen LogP contribution in [0.5, 0.6) is 0 Å². The van der Waals surface area contributed by atoms with Crippen molar-refractivity contribution >= 4 is 11.4 Å². The van der Waals surface area contributed by atoms with Crippen molar-refractivity contribution in [1.29, 1.82) is 5.26 Å². The number of nitriles is 1. The number of nitrogens with zero attached hydrogens (tertiary/aromatic N) is 2. The highest BCUT2D eigenvalue weighted by molar-refractivity contribution is 5.65. The quantitative estimate of drug-likeness (QED) is 0.666. The van der Waals surface area contributed by atoms with Crippen LogP contribution in [-0.4, -0.2) is 23.2 Å². The lowest BCUT2D eigenvalue weighted by molar-refractivity contribution is -0.384. The van der Waals surface area contributed by atoms with E-state index in [1.165, 1.54) is 6.07 Å². The van der Waals surface area contributed by atoms with Gasteiger partial charge in [-0.25, -0.2) is 0 Å². The zero-order valence-corrected chi connectivity index (χ0v) is 10.8. The summed E-state index contributed by atoms with van der Waals surface area (Å²) in [6.07, 6.45) is 0.758. The van der Waals surface area contributed by atoms with Crippen LogP contribution in [0, 0.1) is 21.4 Å². The summed E-state index contributed by atoms with van der Waals surface area (Å²) in [4.78, 5) is 10.6. The first kappa shape index (κ1) is 13.3. The van der Waals surface area contributed by atoms with Crippen LogP contribution in [0.4, 0.5) is 11.4 Å². The Morgan fingerprint density at radius 2 is 2.37 bits per heavy atom. The Morgan fingerprint density at radius 1 is 1.63 bits per heavy atom. The van der Waals surface area contributed by atoms with Gasteiger partial charge in [-0.3, -0.25) is 10.1 Å². The lowest BCUT2D eigenvalue weighted by Gasteiger charge is -2.29. The largest absolute Gasteiger partial charge is 0.376 e. The average molecular weight is 261 g/mol. The van der Waals surface area contributed by atoms with Crippen molar-refractivity contribution in [3.63, 3.8) is 0 Å². The molecular formula is C13H15N3O3. The van der Waals surface area contributed by atoms with E-state index >= 15 is 0 Å². The summed E-state index contributed by atoms with van der Waals surface area (Å²) in [7, 11) is 0.